The molecule has 0 atom stereocenters. The van der Waals surface area contributed by atoms with E-state index in [1.807, 2.05) is 18.2 Å². The Morgan fingerprint density at radius 3 is 2.38 bits per heavy atom. The Balaban J connectivity index is 1.91. The third-order valence-electron chi connectivity index (χ3n) is 3.51. The maximum absolute atomic E-state index is 12.3. The minimum atomic E-state index is -0.903. The van der Waals surface area contributed by atoms with Crippen LogP contribution in [0.15, 0.2) is 42.5 Å². The predicted molar refractivity (Wildman–Crippen MR) is 102 cm³/mol. The zero-order valence-electron chi connectivity index (χ0n) is 14.5. The molecule has 26 heavy (non-hydrogen) atoms. The van der Waals surface area contributed by atoms with Crippen LogP contribution in [0.25, 0.3) is 0 Å². The Morgan fingerprint density at radius 1 is 1.04 bits per heavy atom. The second-order valence-corrected chi connectivity index (χ2v) is 7.42. The lowest BCUT2D eigenvalue weighted by atomic mass is 9.98. The number of carbonyl (C=O) groups is 3. The first-order valence-electron chi connectivity index (χ1n) is 8.02. The molecule has 3 amide bonds. The van der Waals surface area contributed by atoms with E-state index in [1.165, 1.54) is 0 Å². The fourth-order valence-corrected chi connectivity index (χ4v) is 2.97. The molecule has 1 heterocycles. The number of aliphatic carboxylic acids is 1. The van der Waals surface area contributed by atoms with Crippen LogP contribution in [0.5, 0.6) is 0 Å². The number of rotatable bonds is 7. The van der Waals surface area contributed by atoms with Crippen LogP contribution in [-0.4, -0.2) is 28.6 Å². The van der Waals surface area contributed by atoms with Crippen LogP contribution in [-0.2, 0) is 4.79 Å². The minimum Gasteiger partial charge on any atom is -0.481 e. The molecule has 0 bridgehead atoms. The summed E-state index contributed by atoms with van der Waals surface area (Å²) in [6, 6.07) is 11.9. The van der Waals surface area contributed by atoms with Crippen molar-refractivity contribution in [3.8, 4) is 0 Å². The molecule has 0 saturated heterocycles. The van der Waals surface area contributed by atoms with Crippen LogP contribution in [0.4, 0.5) is 15.5 Å². The summed E-state index contributed by atoms with van der Waals surface area (Å²) in [4.78, 5) is 35.4. The molecule has 2 rings (SSSR count). The number of nitrogens with one attached hydrogen (secondary N) is 3. The van der Waals surface area contributed by atoms with Crippen molar-refractivity contribution in [1.82, 2.24) is 5.32 Å². The smallest absolute Gasteiger partial charge is 0.324 e. The summed E-state index contributed by atoms with van der Waals surface area (Å²) in [6.07, 6.45) is 0.300. The van der Waals surface area contributed by atoms with E-state index in [1.54, 1.807) is 38.1 Å². The number of hydrogen-bond acceptors (Lipinski definition) is 4. The summed E-state index contributed by atoms with van der Waals surface area (Å²) >= 11 is 1.14. The van der Waals surface area contributed by atoms with Crippen molar-refractivity contribution in [2.75, 3.05) is 10.6 Å². The van der Waals surface area contributed by atoms with Gasteiger partial charge in [0, 0.05) is 17.6 Å². The highest BCUT2D eigenvalue weighted by atomic mass is 32.1. The van der Waals surface area contributed by atoms with Gasteiger partial charge in [0.2, 0.25) is 0 Å². The van der Waals surface area contributed by atoms with Crippen molar-refractivity contribution in [2.24, 2.45) is 0 Å². The van der Waals surface area contributed by atoms with Gasteiger partial charge in [-0.25, -0.2) is 4.79 Å². The second-order valence-electron chi connectivity index (χ2n) is 6.34. The number of anilines is 2. The third kappa shape index (κ3) is 6.21. The molecule has 0 aliphatic rings. The predicted octanol–water partition coefficient (Wildman–Crippen LogP) is 3.77. The van der Waals surface area contributed by atoms with Gasteiger partial charge in [-0.15, -0.1) is 11.3 Å². The lowest BCUT2D eigenvalue weighted by molar-refractivity contribution is -0.137. The number of urea groups is 1. The van der Waals surface area contributed by atoms with E-state index in [0.717, 1.165) is 11.3 Å². The first-order chi connectivity index (χ1) is 12.2. The number of hydrogen-bond donors (Lipinski definition) is 4. The normalized spacial score (nSPS) is 10.8. The van der Waals surface area contributed by atoms with Crippen LogP contribution in [0.2, 0.25) is 0 Å². The van der Waals surface area contributed by atoms with Gasteiger partial charge in [0.05, 0.1) is 9.88 Å². The Kier molecular flexibility index (Phi) is 6.35. The van der Waals surface area contributed by atoms with E-state index in [2.05, 4.69) is 16.0 Å². The summed E-state index contributed by atoms with van der Waals surface area (Å²) in [6.45, 7) is 3.54. The summed E-state index contributed by atoms with van der Waals surface area (Å²) in [5, 5.41) is 17.5. The average molecular weight is 375 g/mol. The lowest BCUT2D eigenvalue weighted by Crippen LogP contribution is -2.43. The number of carboxylic acid groups (broad SMARTS) is 1. The first kappa shape index (κ1) is 19.5. The van der Waals surface area contributed by atoms with Crippen LogP contribution in [0.1, 0.15) is 36.4 Å². The highest BCUT2D eigenvalue weighted by Crippen LogP contribution is 2.23. The molecule has 1 aromatic carbocycles. The van der Waals surface area contributed by atoms with Crippen molar-refractivity contribution in [3.05, 3.63) is 47.3 Å². The molecular formula is C18H21N3O4S. The van der Waals surface area contributed by atoms with E-state index in [9.17, 15) is 14.4 Å². The molecule has 7 nitrogen and oxygen atoms in total. The van der Waals surface area contributed by atoms with E-state index in [-0.39, 0.29) is 12.3 Å². The molecule has 2 aromatic rings. The molecule has 1 aromatic heterocycles. The van der Waals surface area contributed by atoms with Crippen molar-refractivity contribution in [2.45, 2.75) is 32.2 Å². The molecule has 0 saturated carbocycles. The fraction of sp³-hybridized carbons (Fsp3) is 0.278. The number of thiophene rings is 1. The van der Waals surface area contributed by atoms with Crippen LogP contribution < -0.4 is 16.0 Å². The zero-order chi connectivity index (χ0) is 19.2. The van der Waals surface area contributed by atoms with Crippen molar-refractivity contribution >= 4 is 39.9 Å². The monoisotopic (exact) mass is 375 g/mol. The lowest BCUT2D eigenvalue weighted by Gasteiger charge is -2.25. The van der Waals surface area contributed by atoms with E-state index in [4.69, 9.17) is 5.11 Å². The minimum absolute atomic E-state index is 0.0236. The van der Waals surface area contributed by atoms with Crippen LogP contribution in [0.3, 0.4) is 0 Å². The average Bonchev–Trinajstić information content (AvgIpc) is 3.02. The summed E-state index contributed by atoms with van der Waals surface area (Å²) in [5.74, 6) is -1.21. The molecule has 0 unspecified atom stereocenters. The number of carboxylic acids is 1. The maximum atomic E-state index is 12.3. The van der Waals surface area contributed by atoms with Crippen LogP contribution >= 0.6 is 11.3 Å². The topological polar surface area (TPSA) is 108 Å². The second kappa shape index (κ2) is 8.48. The Bertz CT molecular complexity index is 787. The number of carbonyl (C=O) groups excluding carboxylic acids is 2. The largest absolute Gasteiger partial charge is 0.481 e. The van der Waals surface area contributed by atoms with Gasteiger partial charge in [-0.2, -0.15) is 0 Å². The molecule has 4 N–H and O–H groups in total. The van der Waals surface area contributed by atoms with Crippen molar-refractivity contribution < 1.29 is 19.5 Å². The number of benzene rings is 1. The quantitative estimate of drug-likeness (QED) is 0.591. The van der Waals surface area contributed by atoms with Gasteiger partial charge in [0.15, 0.2) is 0 Å². The van der Waals surface area contributed by atoms with Crippen molar-refractivity contribution in [3.63, 3.8) is 0 Å². The molecule has 0 aliphatic heterocycles. The molecule has 8 heteroatoms. The Morgan fingerprint density at radius 2 is 1.73 bits per heavy atom. The fourth-order valence-electron chi connectivity index (χ4n) is 2.17. The zero-order valence-corrected chi connectivity index (χ0v) is 15.4. The summed E-state index contributed by atoms with van der Waals surface area (Å²) < 4.78 is 0. The Hall–Kier alpha value is -2.87. The molecule has 0 radical (unpaired) electrons. The van der Waals surface area contributed by atoms with Gasteiger partial charge in [-0.3, -0.25) is 14.9 Å². The molecule has 138 valence electrons. The van der Waals surface area contributed by atoms with Gasteiger partial charge < -0.3 is 15.7 Å². The first-order valence-corrected chi connectivity index (χ1v) is 8.84. The maximum Gasteiger partial charge on any atom is 0.324 e. The van der Waals surface area contributed by atoms with Gasteiger partial charge in [0.25, 0.3) is 5.91 Å². The van der Waals surface area contributed by atoms with Gasteiger partial charge in [-0.1, -0.05) is 18.2 Å². The van der Waals surface area contributed by atoms with E-state index < -0.39 is 17.5 Å². The van der Waals surface area contributed by atoms with Gasteiger partial charge in [-0.05, 0) is 44.5 Å². The third-order valence-corrected chi connectivity index (χ3v) is 4.51. The van der Waals surface area contributed by atoms with Gasteiger partial charge >= 0.3 is 12.0 Å². The summed E-state index contributed by atoms with van der Waals surface area (Å²) in [7, 11) is 0. The standard InChI is InChI=1S/C18H21N3O4S/c1-18(2,11-10-15(22)23)21-16(24)13-8-9-14(26-13)20-17(25)19-12-6-4-3-5-7-12/h3-9H,10-11H2,1-2H3,(H,21,24)(H,22,23)(H2,19,20,25). The molecule has 0 spiro atoms. The molecular weight excluding hydrogens is 354 g/mol. The van der Waals surface area contributed by atoms with E-state index in [0.29, 0.717) is 22.0 Å². The summed E-state index contributed by atoms with van der Waals surface area (Å²) in [5.41, 5.74) is 0.0253. The van der Waals surface area contributed by atoms with Gasteiger partial charge in [0.1, 0.15) is 0 Å². The van der Waals surface area contributed by atoms with Crippen LogP contribution in [0, 0.1) is 0 Å². The Labute approximate surface area is 155 Å². The van der Waals surface area contributed by atoms with Crippen molar-refractivity contribution in [1.29, 1.82) is 0 Å². The molecule has 0 aliphatic carbocycles. The highest BCUT2D eigenvalue weighted by Gasteiger charge is 2.23. The molecule has 0 fully saturated rings. The highest BCUT2D eigenvalue weighted by molar-refractivity contribution is 7.18. The SMILES string of the molecule is CC(C)(CCC(=O)O)NC(=O)c1ccc(NC(=O)Nc2ccccc2)s1. The number of amides is 3. The number of para-hydroxylation sites is 1. The van der Waals surface area contributed by atoms with E-state index >= 15 is 0 Å².